The first-order chi connectivity index (χ1) is 16.8. The number of fused-ring (bicyclic) bond motifs is 3. The van der Waals surface area contributed by atoms with Crippen molar-refractivity contribution in [2.24, 2.45) is 11.3 Å². The number of rotatable bonds is 3. The third-order valence-corrected chi connectivity index (χ3v) is 8.25. The summed E-state index contributed by atoms with van der Waals surface area (Å²) in [5.74, 6) is 1.02. The Labute approximate surface area is 202 Å². The van der Waals surface area contributed by atoms with Gasteiger partial charge in [-0.3, -0.25) is 4.90 Å². The number of ether oxygens (including phenoxy) is 1. The highest BCUT2D eigenvalue weighted by molar-refractivity contribution is 5.88. The fraction of sp³-hybridized carbons (Fsp3) is 0.538. The number of likely N-dealkylation sites (tertiary alicyclic amines) is 1. The van der Waals surface area contributed by atoms with E-state index in [2.05, 4.69) is 44.2 Å². The maximum Gasteiger partial charge on any atom is 0.431 e. The van der Waals surface area contributed by atoms with Gasteiger partial charge >= 0.3 is 6.18 Å². The number of halogens is 3. The van der Waals surface area contributed by atoms with Crippen LogP contribution in [0.15, 0.2) is 36.7 Å². The van der Waals surface area contributed by atoms with Gasteiger partial charge in [-0.2, -0.15) is 13.2 Å². The largest absolute Gasteiger partial charge is 0.431 e. The number of anilines is 1. The van der Waals surface area contributed by atoms with E-state index < -0.39 is 11.9 Å². The van der Waals surface area contributed by atoms with Gasteiger partial charge in [0.2, 0.25) is 0 Å². The number of aromatic amines is 1. The molecule has 0 saturated carbocycles. The summed E-state index contributed by atoms with van der Waals surface area (Å²) < 4.78 is 46.1. The van der Waals surface area contributed by atoms with Crippen LogP contribution < -0.4 is 5.32 Å². The van der Waals surface area contributed by atoms with E-state index in [0.717, 1.165) is 51.6 Å². The van der Waals surface area contributed by atoms with Crippen LogP contribution >= 0.6 is 0 Å². The Morgan fingerprint density at radius 2 is 2.06 bits per heavy atom. The number of hydrogen-bond donors (Lipinski definition) is 2. The lowest BCUT2D eigenvalue weighted by molar-refractivity contribution is -0.140. The van der Waals surface area contributed by atoms with Gasteiger partial charge in [-0.1, -0.05) is 31.2 Å². The minimum atomic E-state index is -4.47. The molecule has 1 aromatic carbocycles. The molecule has 3 aromatic rings. The molecule has 2 aliphatic heterocycles. The monoisotopic (exact) mass is 485 g/mol. The third kappa shape index (κ3) is 4.08. The number of alkyl halides is 3. The van der Waals surface area contributed by atoms with Gasteiger partial charge in [-0.05, 0) is 48.8 Å². The standard InChI is InChI=1S/C26H30F3N5O/c1-25-13-34(12-17(25)6-4-10-35-14-25)20-9-8-16-5-2-3-7-18(16)22(20)33-24-19-11-21(26(27,28)29)32-23(19)30-15-31-24/h2-3,5,7,11,15,17,20,22H,4,6,8-10,12-14H2,1H3,(H2,30,31,32,33)/t17-,20?,22?,25+/m0/s1. The van der Waals surface area contributed by atoms with Crippen LogP contribution in [-0.4, -0.2) is 52.2 Å². The number of aromatic nitrogens is 3. The lowest BCUT2D eigenvalue weighted by Crippen LogP contribution is -2.45. The maximum atomic E-state index is 13.4. The Bertz CT molecular complexity index is 1230. The minimum Gasteiger partial charge on any atom is -0.381 e. The Kier molecular flexibility index (Phi) is 5.52. The van der Waals surface area contributed by atoms with Crippen molar-refractivity contribution in [2.45, 2.75) is 50.9 Å². The highest BCUT2D eigenvalue weighted by Crippen LogP contribution is 2.45. The van der Waals surface area contributed by atoms with Crippen LogP contribution in [0.1, 0.15) is 49.0 Å². The average Bonchev–Trinajstić information content (AvgIpc) is 3.37. The molecule has 4 atom stereocenters. The van der Waals surface area contributed by atoms with Gasteiger partial charge in [-0.15, -0.1) is 0 Å². The van der Waals surface area contributed by atoms with Crippen molar-refractivity contribution in [3.63, 3.8) is 0 Å². The van der Waals surface area contributed by atoms with Crippen molar-refractivity contribution in [2.75, 3.05) is 31.6 Å². The second-order valence-electron chi connectivity index (χ2n) is 10.6. The molecule has 2 unspecified atom stereocenters. The molecule has 2 N–H and O–H groups in total. The molecule has 1 aliphatic carbocycles. The Morgan fingerprint density at radius 3 is 2.91 bits per heavy atom. The van der Waals surface area contributed by atoms with E-state index in [4.69, 9.17) is 4.74 Å². The normalized spacial score (nSPS) is 29.5. The molecular weight excluding hydrogens is 455 g/mol. The van der Waals surface area contributed by atoms with Gasteiger partial charge in [0.15, 0.2) is 0 Å². The maximum absolute atomic E-state index is 13.4. The SMILES string of the molecule is C[C@@]12COCCC[C@H]1CN(C1CCc3ccccc3C1Nc1ncnc3[nH]c(C(F)(F)F)cc13)C2. The molecule has 6 rings (SSSR count). The summed E-state index contributed by atoms with van der Waals surface area (Å²) in [5, 5.41) is 3.92. The van der Waals surface area contributed by atoms with E-state index in [-0.39, 0.29) is 23.1 Å². The number of benzene rings is 1. The van der Waals surface area contributed by atoms with Crippen molar-refractivity contribution in [1.82, 2.24) is 19.9 Å². The first-order valence-corrected chi connectivity index (χ1v) is 12.4. The predicted octanol–water partition coefficient (Wildman–Crippen LogP) is 5.19. The highest BCUT2D eigenvalue weighted by atomic mass is 19.4. The van der Waals surface area contributed by atoms with E-state index in [1.807, 2.05) is 12.1 Å². The molecular formula is C26H30F3N5O. The van der Waals surface area contributed by atoms with Crippen molar-refractivity contribution in [3.8, 4) is 0 Å². The summed E-state index contributed by atoms with van der Waals surface area (Å²) in [4.78, 5) is 13.4. The van der Waals surface area contributed by atoms with Crippen LogP contribution in [0.3, 0.4) is 0 Å². The molecule has 4 heterocycles. The number of hydrogen-bond acceptors (Lipinski definition) is 5. The zero-order chi connectivity index (χ0) is 24.2. The molecule has 9 heteroatoms. The second-order valence-corrected chi connectivity index (χ2v) is 10.6. The molecule has 0 amide bonds. The number of aryl methyl sites for hydroxylation is 1. The Hall–Kier alpha value is -2.65. The number of nitrogens with one attached hydrogen (secondary N) is 2. The summed E-state index contributed by atoms with van der Waals surface area (Å²) >= 11 is 0. The quantitative estimate of drug-likeness (QED) is 0.534. The smallest absolute Gasteiger partial charge is 0.381 e. The van der Waals surface area contributed by atoms with Crippen molar-refractivity contribution in [3.05, 3.63) is 53.5 Å². The third-order valence-electron chi connectivity index (χ3n) is 8.25. The molecule has 6 nitrogen and oxygen atoms in total. The number of nitrogens with zero attached hydrogens (tertiary/aromatic N) is 3. The van der Waals surface area contributed by atoms with Gasteiger partial charge in [-0.25, -0.2) is 9.97 Å². The number of H-pyrrole nitrogens is 1. The topological polar surface area (TPSA) is 66.1 Å². The molecule has 0 spiro atoms. The summed E-state index contributed by atoms with van der Waals surface area (Å²) in [5.41, 5.74) is 1.96. The molecule has 2 fully saturated rings. The van der Waals surface area contributed by atoms with Gasteiger partial charge in [0.05, 0.1) is 18.0 Å². The van der Waals surface area contributed by atoms with Crippen LogP contribution in [0.4, 0.5) is 19.0 Å². The molecule has 2 aromatic heterocycles. The van der Waals surface area contributed by atoms with Crippen molar-refractivity contribution in [1.29, 1.82) is 0 Å². The Balaban J connectivity index is 1.36. The molecule has 186 valence electrons. The van der Waals surface area contributed by atoms with Gasteiger partial charge in [0, 0.05) is 31.2 Å². The van der Waals surface area contributed by atoms with Crippen LogP contribution in [0.5, 0.6) is 0 Å². The van der Waals surface area contributed by atoms with Gasteiger partial charge in [0.25, 0.3) is 0 Å². The van der Waals surface area contributed by atoms with Gasteiger partial charge < -0.3 is 15.0 Å². The lowest BCUT2D eigenvalue weighted by Gasteiger charge is -2.40. The van der Waals surface area contributed by atoms with Crippen LogP contribution in [0, 0.1) is 11.3 Å². The van der Waals surface area contributed by atoms with Crippen molar-refractivity contribution >= 4 is 16.9 Å². The fourth-order valence-corrected chi connectivity index (χ4v) is 6.42. The summed E-state index contributed by atoms with van der Waals surface area (Å²) in [6.45, 7) is 5.95. The highest BCUT2D eigenvalue weighted by Gasteiger charge is 2.48. The van der Waals surface area contributed by atoms with E-state index >= 15 is 0 Å². The molecule has 2 saturated heterocycles. The molecule has 0 radical (unpaired) electrons. The van der Waals surface area contributed by atoms with E-state index in [1.54, 1.807) is 0 Å². The zero-order valence-electron chi connectivity index (χ0n) is 19.7. The van der Waals surface area contributed by atoms with E-state index in [0.29, 0.717) is 17.1 Å². The molecule has 3 aliphatic rings. The summed E-state index contributed by atoms with van der Waals surface area (Å²) in [7, 11) is 0. The first-order valence-electron chi connectivity index (χ1n) is 12.4. The predicted molar refractivity (Wildman–Crippen MR) is 127 cm³/mol. The van der Waals surface area contributed by atoms with Gasteiger partial charge in [0.1, 0.15) is 23.5 Å². The van der Waals surface area contributed by atoms with Crippen LogP contribution in [0.25, 0.3) is 11.0 Å². The van der Waals surface area contributed by atoms with Crippen LogP contribution in [-0.2, 0) is 17.3 Å². The van der Waals surface area contributed by atoms with Crippen LogP contribution in [0.2, 0.25) is 0 Å². The van der Waals surface area contributed by atoms with Crippen molar-refractivity contribution < 1.29 is 17.9 Å². The van der Waals surface area contributed by atoms with E-state index in [1.165, 1.54) is 23.9 Å². The second kappa shape index (κ2) is 8.48. The molecule has 35 heavy (non-hydrogen) atoms. The summed E-state index contributed by atoms with van der Waals surface area (Å²) in [6, 6.07) is 9.59. The fourth-order valence-electron chi connectivity index (χ4n) is 6.42. The summed E-state index contributed by atoms with van der Waals surface area (Å²) in [6.07, 6.45) is 1.07. The average molecular weight is 486 g/mol. The minimum absolute atomic E-state index is 0.0888. The zero-order valence-corrected chi connectivity index (χ0v) is 19.7. The lowest BCUT2D eigenvalue weighted by atomic mass is 9.79. The molecule has 0 bridgehead atoms. The Morgan fingerprint density at radius 1 is 1.20 bits per heavy atom. The van der Waals surface area contributed by atoms with E-state index in [9.17, 15) is 13.2 Å². The first kappa shape index (κ1) is 22.8.